The summed E-state index contributed by atoms with van der Waals surface area (Å²) in [6.45, 7) is 8.43. The van der Waals surface area contributed by atoms with Gasteiger partial charge in [0.2, 0.25) is 23.7 Å². The van der Waals surface area contributed by atoms with Crippen LogP contribution in [0.3, 0.4) is 0 Å². The lowest BCUT2D eigenvalue weighted by Gasteiger charge is -2.43. The van der Waals surface area contributed by atoms with Crippen LogP contribution in [0.4, 0.5) is 28.8 Å². The van der Waals surface area contributed by atoms with Crippen molar-refractivity contribution in [2.45, 2.75) is 68.3 Å². The van der Waals surface area contributed by atoms with Gasteiger partial charge in [0.25, 0.3) is 11.8 Å². The standard InChI is InChI=1S/C47H55ClN9O7PS/c1-64-37-28-31(15-16-34(37)51-47-49-29-33(48)43(53-47)50-35-11-6-7-12-38(35)65(2,3)63)54-21-19-30(20-22-54)55-23-25-56(26-24-55)41(59)14-5-4-8-27-66-39-13-9-10-32-42(39)46(62)57(45(32)61)36-17-18-40(58)52-44(36)60/h6-7,9-13,15-16,28-30,36H,4-5,8,14,17-27H2,1-3H3,(H,52,58,60)(H2,49,50,51,53). The number of carbonyl (C=O) groups is 5. The van der Waals surface area contributed by atoms with E-state index in [0.717, 1.165) is 87.7 Å². The summed E-state index contributed by atoms with van der Waals surface area (Å²) in [4.78, 5) is 81.4. The zero-order valence-corrected chi connectivity index (χ0v) is 39.9. The molecule has 0 spiro atoms. The largest absolute Gasteiger partial charge is 0.494 e. The van der Waals surface area contributed by atoms with Gasteiger partial charge in [0.15, 0.2) is 5.82 Å². The van der Waals surface area contributed by atoms with Crippen molar-refractivity contribution in [2.24, 2.45) is 0 Å². The maximum absolute atomic E-state index is 13.4. The normalized spacial score (nSPS) is 18.4. The van der Waals surface area contributed by atoms with Gasteiger partial charge < -0.3 is 29.7 Å². The lowest BCUT2D eigenvalue weighted by molar-refractivity contribution is -0.136. The highest BCUT2D eigenvalue weighted by molar-refractivity contribution is 7.99. The average molecular weight is 957 g/mol. The van der Waals surface area contributed by atoms with Crippen molar-refractivity contribution in [3.05, 3.63) is 83.0 Å². The van der Waals surface area contributed by atoms with Crippen molar-refractivity contribution in [1.82, 2.24) is 30.0 Å². The molecule has 0 bridgehead atoms. The van der Waals surface area contributed by atoms with E-state index < -0.39 is 36.8 Å². The SMILES string of the molecule is COc1cc(N2CCC(N3CCN(C(=O)CCCCCSc4cccc5c4C(=O)N(C4CCC(=O)NC4=O)C5=O)CC3)CC2)ccc1Nc1ncc(Cl)c(Nc2ccccc2P(C)(C)=O)n1. The molecule has 4 aliphatic heterocycles. The molecule has 3 saturated heterocycles. The van der Waals surface area contributed by atoms with E-state index in [4.69, 9.17) is 16.3 Å². The minimum absolute atomic E-state index is 0.0773. The van der Waals surface area contributed by atoms with Crippen LogP contribution in [-0.4, -0.2) is 132 Å². The van der Waals surface area contributed by atoms with Crippen LogP contribution in [0.1, 0.15) is 72.1 Å². The fourth-order valence-corrected chi connectivity index (χ4v) is 11.5. The fraction of sp³-hybridized carbons (Fsp3) is 0.426. The number of methoxy groups -OCH3 is 1. The summed E-state index contributed by atoms with van der Waals surface area (Å²) in [5.41, 5.74) is 3.05. The van der Waals surface area contributed by atoms with Crippen LogP contribution in [0.15, 0.2) is 71.8 Å². The number of benzene rings is 3. The number of para-hydroxylation sites is 1. The number of ether oxygens (including phenoxy) is 1. The number of rotatable bonds is 16. The Balaban J connectivity index is 0.750. The summed E-state index contributed by atoms with van der Waals surface area (Å²) in [7, 11) is -0.925. The minimum Gasteiger partial charge on any atom is -0.494 e. The Hall–Kier alpha value is -5.48. The third-order valence-electron chi connectivity index (χ3n) is 12.6. The van der Waals surface area contributed by atoms with Gasteiger partial charge in [-0.2, -0.15) is 4.98 Å². The fourth-order valence-electron chi connectivity index (χ4n) is 9.12. The van der Waals surface area contributed by atoms with Gasteiger partial charge in [-0.25, -0.2) is 4.98 Å². The van der Waals surface area contributed by atoms with Gasteiger partial charge in [0.1, 0.15) is 24.0 Å². The summed E-state index contributed by atoms with van der Waals surface area (Å²) in [5.74, 6) is 0.249. The lowest BCUT2D eigenvalue weighted by Crippen LogP contribution is -2.54. The van der Waals surface area contributed by atoms with Crippen LogP contribution in [0.5, 0.6) is 5.75 Å². The molecule has 3 aromatic carbocycles. The number of aromatic nitrogens is 2. The first-order valence-corrected chi connectivity index (χ1v) is 26.4. The van der Waals surface area contributed by atoms with Crippen molar-refractivity contribution >= 4 is 94.2 Å². The second-order valence-corrected chi connectivity index (χ2v) is 22.0. The van der Waals surface area contributed by atoms with Crippen LogP contribution in [-0.2, 0) is 18.9 Å². The topological polar surface area (TPSA) is 186 Å². The molecular weight excluding hydrogens is 901 g/mol. The number of piperazine rings is 1. The predicted octanol–water partition coefficient (Wildman–Crippen LogP) is 6.74. The molecule has 0 aliphatic carbocycles. The van der Waals surface area contributed by atoms with Crippen LogP contribution in [0.25, 0.3) is 0 Å². The molecule has 5 amide bonds. The molecule has 1 unspecified atom stereocenters. The van der Waals surface area contributed by atoms with Crippen molar-refractivity contribution in [2.75, 3.05) is 81.0 Å². The molecule has 3 fully saturated rings. The van der Waals surface area contributed by atoms with Crippen molar-refractivity contribution in [1.29, 1.82) is 0 Å². The van der Waals surface area contributed by atoms with Gasteiger partial charge in [0, 0.05) is 80.1 Å². The molecule has 8 rings (SSSR count). The maximum atomic E-state index is 13.4. The van der Waals surface area contributed by atoms with Crippen LogP contribution in [0.2, 0.25) is 5.02 Å². The van der Waals surface area contributed by atoms with E-state index in [1.165, 1.54) is 18.0 Å². The van der Waals surface area contributed by atoms with E-state index in [1.54, 1.807) is 32.6 Å². The molecule has 1 atom stereocenters. The quantitative estimate of drug-likeness (QED) is 0.0464. The summed E-state index contributed by atoms with van der Waals surface area (Å²) >= 11 is 7.98. The van der Waals surface area contributed by atoms with Gasteiger partial charge in [-0.15, -0.1) is 11.8 Å². The number of halogens is 1. The summed E-state index contributed by atoms with van der Waals surface area (Å²) in [6.07, 6.45) is 6.74. The number of nitrogens with zero attached hydrogens (tertiary/aromatic N) is 6. The Bertz CT molecular complexity index is 2560. The predicted molar refractivity (Wildman–Crippen MR) is 258 cm³/mol. The molecule has 1 aromatic heterocycles. The zero-order chi connectivity index (χ0) is 46.5. The van der Waals surface area contributed by atoms with Crippen LogP contribution >= 0.6 is 30.5 Å². The van der Waals surface area contributed by atoms with Crippen molar-refractivity contribution in [3.8, 4) is 5.75 Å². The van der Waals surface area contributed by atoms with Crippen molar-refractivity contribution < 1.29 is 33.3 Å². The smallest absolute Gasteiger partial charge is 0.263 e. The first-order chi connectivity index (χ1) is 31.8. The number of thioether (sulfide) groups is 1. The number of piperidine rings is 2. The van der Waals surface area contributed by atoms with E-state index in [-0.39, 0.29) is 24.3 Å². The van der Waals surface area contributed by atoms with Gasteiger partial charge in [-0.1, -0.05) is 36.2 Å². The van der Waals surface area contributed by atoms with E-state index in [0.29, 0.717) is 62.1 Å². The molecule has 16 nitrogen and oxygen atoms in total. The number of unbranched alkanes of at least 4 members (excludes halogenated alkanes) is 2. The Morgan fingerprint density at radius 1 is 0.894 bits per heavy atom. The zero-order valence-electron chi connectivity index (χ0n) is 37.4. The number of imide groups is 2. The number of hydrogen-bond acceptors (Lipinski definition) is 14. The second-order valence-electron chi connectivity index (χ2n) is 17.3. The van der Waals surface area contributed by atoms with Crippen LogP contribution < -0.4 is 30.9 Å². The van der Waals surface area contributed by atoms with E-state index in [1.807, 2.05) is 47.4 Å². The van der Waals surface area contributed by atoms with Gasteiger partial charge >= 0.3 is 0 Å². The van der Waals surface area contributed by atoms with E-state index in [9.17, 15) is 28.5 Å². The van der Waals surface area contributed by atoms with Crippen molar-refractivity contribution in [3.63, 3.8) is 0 Å². The van der Waals surface area contributed by atoms with Gasteiger partial charge in [-0.3, -0.25) is 39.1 Å². The monoisotopic (exact) mass is 955 g/mol. The number of carbonyl (C=O) groups excluding carboxylic acids is 5. The highest BCUT2D eigenvalue weighted by Gasteiger charge is 2.45. The summed E-state index contributed by atoms with van der Waals surface area (Å²) in [5, 5.41) is 9.78. The number of hydrogen-bond donors (Lipinski definition) is 3. The maximum Gasteiger partial charge on any atom is 0.263 e. The first kappa shape index (κ1) is 47.0. The summed E-state index contributed by atoms with van der Waals surface area (Å²) < 4.78 is 18.7. The van der Waals surface area contributed by atoms with Crippen LogP contribution in [0, 0.1) is 0 Å². The Morgan fingerprint density at radius 3 is 2.41 bits per heavy atom. The Labute approximate surface area is 393 Å². The molecule has 0 radical (unpaired) electrons. The third kappa shape index (κ3) is 10.5. The molecule has 4 aromatic rings. The Kier molecular flexibility index (Phi) is 14.7. The Morgan fingerprint density at radius 2 is 1.67 bits per heavy atom. The average Bonchev–Trinajstić information content (AvgIpc) is 3.57. The van der Waals surface area contributed by atoms with E-state index >= 15 is 0 Å². The molecule has 19 heteroatoms. The van der Waals surface area contributed by atoms with Gasteiger partial charge in [-0.05, 0) is 87.6 Å². The lowest BCUT2D eigenvalue weighted by atomic mass is 10.0. The number of amides is 5. The molecular formula is C47H55ClN9O7PS. The summed E-state index contributed by atoms with van der Waals surface area (Å²) in [6, 6.07) is 18.1. The molecule has 0 saturated carbocycles. The van der Waals surface area contributed by atoms with Gasteiger partial charge in [0.05, 0.1) is 35.8 Å². The number of fused-ring (bicyclic) bond motifs is 1. The molecule has 348 valence electrons. The molecule has 5 heterocycles. The first-order valence-electron chi connectivity index (χ1n) is 22.4. The number of nitrogens with one attached hydrogen (secondary N) is 3. The molecule has 4 aliphatic rings. The highest BCUT2D eigenvalue weighted by atomic mass is 35.5. The second kappa shape index (κ2) is 20.6. The highest BCUT2D eigenvalue weighted by Crippen LogP contribution is 2.40. The van der Waals surface area contributed by atoms with E-state index in [2.05, 4.69) is 41.8 Å². The number of anilines is 5. The molecule has 3 N–H and O–H groups in total. The molecule has 66 heavy (non-hydrogen) atoms. The minimum atomic E-state index is -2.56. The third-order valence-corrected chi connectivity index (χ3v) is 15.6.